The number of hydrogen-bond donors (Lipinski definition) is 0. The van der Waals surface area contributed by atoms with E-state index in [4.69, 9.17) is 0 Å². The molecule has 0 spiro atoms. The average Bonchev–Trinajstić information content (AvgIpc) is 2.05. The molecule has 0 aliphatic carbocycles. The summed E-state index contributed by atoms with van der Waals surface area (Å²) in [6.45, 7) is 4.39. The van der Waals surface area contributed by atoms with Crippen LogP contribution in [0.2, 0.25) is 0 Å². The summed E-state index contributed by atoms with van der Waals surface area (Å²) in [4.78, 5) is 11.0. The van der Waals surface area contributed by atoms with Crippen molar-refractivity contribution in [2.45, 2.75) is 39.5 Å². The molecule has 0 radical (unpaired) electrons. The summed E-state index contributed by atoms with van der Waals surface area (Å²) in [6.07, 6.45) is 3.30. The first kappa shape index (κ1) is 17.0. The van der Waals surface area contributed by atoms with Crippen molar-refractivity contribution >= 4 is 7.82 Å². The molecule has 0 unspecified atom stereocenters. The Morgan fingerprint density at radius 1 is 1.07 bits per heavy atom. The summed E-state index contributed by atoms with van der Waals surface area (Å²) in [5.41, 5.74) is 0. The minimum Gasteiger partial charge on any atom is -0.756 e. The van der Waals surface area contributed by atoms with E-state index in [-0.39, 0.29) is 30.3 Å². The first-order chi connectivity index (χ1) is 6.12. The summed E-state index contributed by atoms with van der Waals surface area (Å²) in [7, 11) is -4.00. The van der Waals surface area contributed by atoms with E-state index in [1.807, 2.05) is 13.8 Å². The van der Waals surface area contributed by atoms with Crippen LogP contribution in [0, 0.1) is 0 Å². The molecule has 0 N–H and O–H groups in total. The van der Waals surface area contributed by atoms with Crippen LogP contribution in [0.4, 0.5) is 0 Å². The fourth-order valence-corrected chi connectivity index (χ4v) is 1.46. The van der Waals surface area contributed by atoms with Gasteiger partial charge in [-0.25, -0.2) is 0 Å². The molecule has 0 bridgehead atoms. The van der Waals surface area contributed by atoms with Crippen LogP contribution >= 0.6 is 7.82 Å². The van der Waals surface area contributed by atoms with Crippen molar-refractivity contribution in [2.24, 2.45) is 0 Å². The molecule has 0 amide bonds. The van der Waals surface area contributed by atoms with Crippen molar-refractivity contribution in [3.05, 3.63) is 0 Å². The fourth-order valence-electron chi connectivity index (χ4n) is 0.679. The first-order valence-corrected chi connectivity index (χ1v) is 6.18. The van der Waals surface area contributed by atoms with E-state index in [0.717, 1.165) is 25.7 Å². The maximum atomic E-state index is 11.0. The molecular formula is C8H18FeO4P+. The van der Waals surface area contributed by atoms with Crippen LogP contribution in [0.1, 0.15) is 39.5 Å². The van der Waals surface area contributed by atoms with Crippen LogP contribution in [0.5, 0.6) is 0 Å². The largest absolute Gasteiger partial charge is 2.00 e. The van der Waals surface area contributed by atoms with E-state index in [1.165, 1.54) is 0 Å². The van der Waals surface area contributed by atoms with Crippen LogP contribution in [-0.2, 0) is 30.7 Å². The third-order valence-corrected chi connectivity index (χ3v) is 2.49. The summed E-state index contributed by atoms with van der Waals surface area (Å²) in [5.74, 6) is 0. The minimum absolute atomic E-state index is 0. The number of unbranched alkanes of at least 4 members (excludes halogenated alkanes) is 2. The van der Waals surface area contributed by atoms with Gasteiger partial charge in [0.1, 0.15) is 0 Å². The Balaban J connectivity index is 0. The van der Waals surface area contributed by atoms with Gasteiger partial charge in [0.2, 0.25) is 0 Å². The molecule has 0 fully saturated rings. The van der Waals surface area contributed by atoms with E-state index >= 15 is 0 Å². The van der Waals surface area contributed by atoms with Crippen LogP contribution in [0.25, 0.3) is 0 Å². The Morgan fingerprint density at radius 3 is 1.71 bits per heavy atom. The van der Waals surface area contributed by atoms with Crippen LogP contribution < -0.4 is 4.89 Å². The first-order valence-electron chi connectivity index (χ1n) is 4.72. The molecule has 0 saturated heterocycles. The molecule has 0 atom stereocenters. The Bertz CT molecular complexity index is 151. The zero-order valence-electron chi connectivity index (χ0n) is 8.68. The van der Waals surface area contributed by atoms with Gasteiger partial charge < -0.3 is 13.9 Å². The van der Waals surface area contributed by atoms with Crippen molar-refractivity contribution in [1.29, 1.82) is 0 Å². The topological polar surface area (TPSA) is 58.6 Å². The van der Waals surface area contributed by atoms with Gasteiger partial charge in [-0.3, -0.25) is 4.57 Å². The van der Waals surface area contributed by atoms with Crippen LogP contribution in [0.15, 0.2) is 0 Å². The maximum absolute atomic E-state index is 11.0. The van der Waals surface area contributed by atoms with Gasteiger partial charge in [0, 0.05) is 0 Å². The monoisotopic (exact) mass is 265 g/mol. The second-order valence-corrected chi connectivity index (χ2v) is 4.23. The zero-order valence-corrected chi connectivity index (χ0v) is 10.7. The third kappa shape index (κ3) is 10.7. The van der Waals surface area contributed by atoms with Gasteiger partial charge in [-0.1, -0.05) is 26.7 Å². The quantitative estimate of drug-likeness (QED) is 0.383. The molecule has 6 heteroatoms. The summed E-state index contributed by atoms with van der Waals surface area (Å²) >= 11 is 0. The molecule has 0 aromatic rings. The number of phosphoric ester groups is 1. The molecular weight excluding hydrogens is 247 g/mol. The fraction of sp³-hybridized carbons (Fsp3) is 1.00. The molecule has 14 heavy (non-hydrogen) atoms. The molecule has 0 aromatic heterocycles. The third-order valence-electron chi connectivity index (χ3n) is 1.49. The van der Waals surface area contributed by atoms with E-state index in [1.54, 1.807) is 0 Å². The predicted octanol–water partition coefficient (Wildman–Crippen LogP) is 2.09. The van der Waals surface area contributed by atoms with E-state index in [0.29, 0.717) is 0 Å². The molecule has 0 rings (SSSR count). The van der Waals surface area contributed by atoms with Crippen molar-refractivity contribution in [2.75, 3.05) is 13.2 Å². The second-order valence-electron chi connectivity index (χ2n) is 2.82. The molecule has 0 aromatic carbocycles. The molecule has 0 aliphatic rings. The van der Waals surface area contributed by atoms with Crippen molar-refractivity contribution in [3.8, 4) is 0 Å². The van der Waals surface area contributed by atoms with Crippen molar-refractivity contribution in [1.82, 2.24) is 0 Å². The zero-order chi connectivity index (χ0) is 10.2. The summed E-state index contributed by atoms with van der Waals surface area (Å²) in [6, 6.07) is 0. The Hall–Kier alpha value is 0.629. The van der Waals surface area contributed by atoms with Gasteiger partial charge in [0.05, 0.1) is 13.2 Å². The Morgan fingerprint density at radius 2 is 1.43 bits per heavy atom. The van der Waals surface area contributed by atoms with E-state index in [2.05, 4.69) is 9.05 Å². The normalized spacial score (nSPS) is 11.1. The van der Waals surface area contributed by atoms with Gasteiger partial charge in [0.25, 0.3) is 7.82 Å². The molecule has 0 aliphatic heterocycles. The molecule has 0 heterocycles. The number of phosphoric acid groups is 1. The second kappa shape index (κ2) is 10.2. The predicted molar refractivity (Wildman–Crippen MR) is 49.3 cm³/mol. The van der Waals surface area contributed by atoms with Gasteiger partial charge in [-0.05, 0) is 12.8 Å². The Kier molecular flexibility index (Phi) is 12.4. The van der Waals surface area contributed by atoms with Gasteiger partial charge >= 0.3 is 17.1 Å². The SMILES string of the molecule is CCCCOP(=O)([O-])OCCCC.[Fe+2]. The van der Waals surface area contributed by atoms with Crippen molar-refractivity contribution < 1.29 is 35.6 Å². The molecule has 86 valence electrons. The smallest absolute Gasteiger partial charge is 0.756 e. The standard InChI is InChI=1S/C8H19O4P.Fe/c1-3-5-7-11-13(9,10)12-8-6-4-2;/h3-8H2,1-2H3,(H,9,10);/q;+2/p-1. The number of rotatable bonds is 8. The van der Waals surface area contributed by atoms with E-state index in [9.17, 15) is 9.46 Å². The number of hydrogen-bond acceptors (Lipinski definition) is 4. The van der Waals surface area contributed by atoms with Gasteiger partial charge in [0.15, 0.2) is 0 Å². The molecule has 4 nitrogen and oxygen atoms in total. The summed E-state index contributed by atoms with van der Waals surface area (Å²) < 4.78 is 20.2. The van der Waals surface area contributed by atoms with E-state index < -0.39 is 7.82 Å². The van der Waals surface area contributed by atoms with Gasteiger partial charge in [-0.15, -0.1) is 0 Å². The Labute approximate surface area is 96.5 Å². The summed E-state index contributed by atoms with van der Waals surface area (Å²) in [5, 5.41) is 0. The van der Waals surface area contributed by atoms with Crippen molar-refractivity contribution in [3.63, 3.8) is 0 Å². The van der Waals surface area contributed by atoms with Crippen LogP contribution in [-0.4, -0.2) is 13.2 Å². The minimum atomic E-state index is -4.00. The maximum Gasteiger partial charge on any atom is 2.00 e. The average molecular weight is 265 g/mol. The molecule has 0 saturated carbocycles. The van der Waals surface area contributed by atoms with Gasteiger partial charge in [-0.2, -0.15) is 0 Å². The van der Waals surface area contributed by atoms with Crippen LogP contribution in [0.3, 0.4) is 0 Å².